The predicted octanol–water partition coefficient (Wildman–Crippen LogP) is 1.93. The fraction of sp³-hybridized carbons (Fsp3) is 0.471. The number of benzene rings is 1. The van der Waals surface area contributed by atoms with Crippen LogP contribution >= 0.6 is 11.8 Å². The van der Waals surface area contributed by atoms with E-state index in [0.717, 1.165) is 0 Å². The first-order valence-electron chi connectivity index (χ1n) is 8.07. The Bertz CT molecular complexity index is 797. The van der Waals surface area contributed by atoms with Gasteiger partial charge in [-0.2, -0.15) is 0 Å². The van der Waals surface area contributed by atoms with Gasteiger partial charge in [-0.1, -0.05) is 23.9 Å². The van der Waals surface area contributed by atoms with Crippen molar-refractivity contribution in [2.45, 2.75) is 25.0 Å². The highest BCUT2D eigenvalue weighted by atomic mass is 32.2. The van der Waals surface area contributed by atoms with Crippen LogP contribution < -0.4 is 5.56 Å². The van der Waals surface area contributed by atoms with Crippen LogP contribution in [0.3, 0.4) is 0 Å². The number of morpholine rings is 1. The van der Waals surface area contributed by atoms with Crippen LogP contribution in [-0.2, 0) is 9.53 Å². The molecule has 0 spiro atoms. The van der Waals surface area contributed by atoms with Crippen LogP contribution in [-0.4, -0.2) is 52.4 Å². The number of nitrogens with zero attached hydrogens (tertiary/aromatic N) is 3. The van der Waals surface area contributed by atoms with Gasteiger partial charge in [-0.15, -0.1) is 0 Å². The van der Waals surface area contributed by atoms with Crippen LogP contribution in [0.4, 0.5) is 0 Å². The lowest BCUT2D eigenvalue weighted by molar-refractivity contribution is -0.132. The smallest absolute Gasteiger partial charge is 0.262 e. The SMILES string of the molecule is CC(C)n1c(SCC(=O)N2CCOCC2)nc2ccccc2c1=O. The number of carbonyl (C=O) groups excluding carboxylic acids is 1. The van der Waals surface area contributed by atoms with E-state index in [1.165, 1.54) is 11.8 Å². The number of hydrogen-bond acceptors (Lipinski definition) is 5. The lowest BCUT2D eigenvalue weighted by Gasteiger charge is -2.26. The maximum atomic E-state index is 12.7. The summed E-state index contributed by atoms with van der Waals surface area (Å²) in [5.41, 5.74) is 0.609. The summed E-state index contributed by atoms with van der Waals surface area (Å²) in [4.78, 5) is 31.5. The second-order valence-corrected chi connectivity index (χ2v) is 6.90. The summed E-state index contributed by atoms with van der Waals surface area (Å²) in [6.07, 6.45) is 0. The third kappa shape index (κ3) is 3.47. The van der Waals surface area contributed by atoms with Crippen molar-refractivity contribution in [1.82, 2.24) is 14.5 Å². The normalized spacial score (nSPS) is 15.2. The Kier molecular flexibility index (Phi) is 5.20. The van der Waals surface area contributed by atoms with E-state index in [1.54, 1.807) is 15.5 Å². The van der Waals surface area contributed by atoms with E-state index in [2.05, 4.69) is 4.98 Å². The zero-order valence-electron chi connectivity index (χ0n) is 13.9. The van der Waals surface area contributed by atoms with Gasteiger partial charge < -0.3 is 9.64 Å². The van der Waals surface area contributed by atoms with Gasteiger partial charge in [0.15, 0.2) is 5.16 Å². The Hall–Kier alpha value is -1.86. The van der Waals surface area contributed by atoms with Gasteiger partial charge in [0.1, 0.15) is 0 Å². The van der Waals surface area contributed by atoms with Crippen LogP contribution in [0.1, 0.15) is 19.9 Å². The summed E-state index contributed by atoms with van der Waals surface area (Å²) < 4.78 is 6.93. The second-order valence-electron chi connectivity index (χ2n) is 5.96. The monoisotopic (exact) mass is 347 g/mol. The lowest BCUT2D eigenvalue weighted by Crippen LogP contribution is -2.41. The second kappa shape index (κ2) is 7.36. The first-order chi connectivity index (χ1) is 11.6. The molecule has 0 saturated carbocycles. The van der Waals surface area contributed by atoms with Crippen molar-refractivity contribution in [2.75, 3.05) is 32.1 Å². The molecule has 2 aromatic rings. The van der Waals surface area contributed by atoms with E-state index >= 15 is 0 Å². The molecule has 6 nitrogen and oxygen atoms in total. The average Bonchev–Trinajstić information content (AvgIpc) is 2.60. The molecule has 128 valence electrons. The summed E-state index contributed by atoms with van der Waals surface area (Å²) in [7, 11) is 0. The molecule has 24 heavy (non-hydrogen) atoms. The fourth-order valence-electron chi connectivity index (χ4n) is 2.71. The molecule has 1 fully saturated rings. The number of carbonyl (C=O) groups is 1. The van der Waals surface area contributed by atoms with Gasteiger partial charge in [-0.3, -0.25) is 14.2 Å². The molecule has 0 N–H and O–H groups in total. The van der Waals surface area contributed by atoms with Gasteiger partial charge in [0.25, 0.3) is 5.56 Å². The number of para-hydroxylation sites is 1. The minimum atomic E-state index is -0.0584. The topological polar surface area (TPSA) is 64.4 Å². The third-order valence-electron chi connectivity index (χ3n) is 3.98. The van der Waals surface area contributed by atoms with E-state index in [0.29, 0.717) is 42.4 Å². The molecule has 1 aromatic heterocycles. The lowest BCUT2D eigenvalue weighted by atomic mass is 10.2. The first-order valence-corrected chi connectivity index (χ1v) is 9.06. The number of thioether (sulfide) groups is 1. The summed E-state index contributed by atoms with van der Waals surface area (Å²) in [6, 6.07) is 7.30. The molecular weight excluding hydrogens is 326 g/mol. The van der Waals surface area contributed by atoms with Gasteiger partial charge in [0.2, 0.25) is 5.91 Å². The number of fused-ring (bicyclic) bond motifs is 1. The molecule has 2 heterocycles. The van der Waals surface area contributed by atoms with Crippen LogP contribution in [0.25, 0.3) is 10.9 Å². The Morgan fingerprint density at radius 1 is 1.29 bits per heavy atom. The number of hydrogen-bond donors (Lipinski definition) is 0. The minimum Gasteiger partial charge on any atom is -0.378 e. The van der Waals surface area contributed by atoms with Gasteiger partial charge in [0.05, 0.1) is 29.9 Å². The van der Waals surface area contributed by atoms with E-state index in [1.807, 2.05) is 32.0 Å². The van der Waals surface area contributed by atoms with Crippen molar-refractivity contribution in [3.8, 4) is 0 Å². The maximum absolute atomic E-state index is 12.7. The van der Waals surface area contributed by atoms with Crippen LogP contribution in [0, 0.1) is 0 Å². The highest BCUT2D eigenvalue weighted by molar-refractivity contribution is 7.99. The number of ether oxygens (including phenoxy) is 1. The predicted molar refractivity (Wildman–Crippen MR) is 94.5 cm³/mol. The molecule has 0 aliphatic carbocycles. The summed E-state index contributed by atoms with van der Waals surface area (Å²) in [5.74, 6) is 0.332. The molecule has 1 aromatic carbocycles. The van der Waals surface area contributed by atoms with E-state index < -0.39 is 0 Å². The molecule has 1 aliphatic rings. The molecule has 0 bridgehead atoms. The molecule has 1 saturated heterocycles. The maximum Gasteiger partial charge on any atom is 0.262 e. The van der Waals surface area contributed by atoms with E-state index in [9.17, 15) is 9.59 Å². The van der Waals surface area contributed by atoms with E-state index in [4.69, 9.17) is 4.74 Å². The zero-order valence-corrected chi connectivity index (χ0v) is 14.7. The zero-order chi connectivity index (χ0) is 17.1. The van der Waals surface area contributed by atoms with Crippen LogP contribution in [0.5, 0.6) is 0 Å². The number of rotatable bonds is 4. The average molecular weight is 347 g/mol. The Morgan fingerprint density at radius 2 is 2.00 bits per heavy atom. The molecule has 0 atom stereocenters. The van der Waals surface area contributed by atoms with E-state index in [-0.39, 0.29) is 23.3 Å². The van der Waals surface area contributed by atoms with Gasteiger partial charge >= 0.3 is 0 Å². The quantitative estimate of drug-likeness (QED) is 0.625. The molecular formula is C17H21N3O3S. The first kappa shape index (κ1) is 17.0. The third-order valence-corrected chi connectivity index (χ3v) is 4.92. The van der Waals surface area contributed by atoms with Gasteiger partial charge in [0, 0.05) is 19.1 Å². The molecule has 0 radical (unpaired) electrons. The standard InChI is InChI=1S/C17H21N3O3S/c1-12(2)20-16(22)13-5-3-4-6-14(13)18-17(20)24-11-15(21)19-7-9-23-10-8-19/h3-6,12H,7-11H2,1-2H3. The number of amides is 1. The molecule has 1 amide bonds. The fourth-order valence-corrected chi connectivity index (χ4v) is 3.74. The van der Waals surface area contributed by atoms with Crippen LogP contribution in [0.2, 0.25) is 0 Å². The molecule has 1 aliphatic heterocycles. The highest BCUT2D eigenvalue weighted by Crippen LogP contribution is 2.21. The van der Waals surface area contributed by atoms with Crippen molar-refractivity contribution >= 4 is 28.6 Å². The van der Waals surface area contributed by atoms with Crippen LogP contribution in [0.15, 0.2) is 34.2 Å². The Balaban J connectivity index is 1.86. The van der Waals surface area contributed by atoms with Crippen molar-refractivity contribution in [3.05, 3.63) is 34.6 Å². The number of aromatic nitrogens is 2. The Morgan fingerprint density at radius 3 is 2.71 bits per heavy atom. The summed E-state index contributed by atoms with van der Waals surface area (Å²) in [6.45, 7) is 6.32. The van der Waals surface area contributed by atoms with Crippen molar-refractivity contribution < 1.29 is 9.53 Å². The molecule has 7 heteroatoms. The summed E-state index contributed by atoms with van der Waals surface area (Å²) >= 11 is 1.33. The summed E-state index contributed by atoms with van der Waals surface area (Å²) in [5, 5.41) is 1.20. The van der Waals surface area contributed by atoms with Gasteiger partial charge in [-0.25, -0.2) is 4.98 Å². The highest BCUT2D eigenvalue weighted by Gasteiger charge is 2.19. The minimum absolute atomic E-state index is 0.0180. The van der Waals surface area contributed by atoms with Crippen molar-refractivity contribution in [3.63, 3.8) is 0 Å². The largest absolute Gasteiger partial charge is 0.378 e. The Labute approximate surface area is 144 Å². The molecule has 0 unspecified atom stereocenters. The molecule has 3 rings (SSSR count). The van der Waals surface area contributed by atoms with Crippen molar-refractivity contribution in [1.29, 1.82) is 0 Å². The van der Waals surface area contributed by atoms with Gasteiger partial charge in [-0.05, 0) is 26.0 Å². The van der Waals surface area contributed by atoms with Crippen molar-refractivity contribution in [2.24, 2.45) is 0 Å².